The van der Waals surface area contributed by atoms with Crippen molar-refractivity contribution in [2.24, 2.45) is 23.5 Å². The maximum atomic E-state index is 13.9. The smallest absolute Gasteiger partial charge is 0.330 e. The van der Waals surface area contributed by atoms with Crippen LogP contribution < -0.4 is 11.1 Å². The molecule has 2 bridgehead atoms. The first-order chi connectivity index (χ1) is 34.0. The van der Waals surface area contributed by atoms with E-state index >= 15 is 0 Å². The molecule has 0 aromatic carbocycles. The van der Waals surface area contributed by atoms with Crippen molar-refractivity contribution in [3.8, 4) is 0 Å². The Kier molecular flexibility index (Phi) is 26.8. The summed E-state index contributed by atoms with van der Waals surface area (Å²) >= 11 is 0. The predicted octanol–water partition coefficient (Wildman–Crippen LogP) is -0.723. The minimum Gasteiger partial charge on any atom is -0.467 e. The highest BCUT2D eigenvalue weighted by Gasteiger charge is 2.51. The van der Waals surface area contributed by atoms with Crippen molar-refractivity contribution < 1.29 is 94.2 Å². The van der Waals surface area contributed by atoms with Crippen molar-refractivity contribution in [2.75, 3.05) is 13.7 Å². The zero-order chi connectivity index (χ0) is 53.7. The van der Waals surface area contributed by atoms with E-state index in [0.717, 1.165) is 7.11 Å². The Balaban J connectivity index is 1.97. The van der Waals surface area contributed by atoms with Gasteiger partial charge in [0.2, 0.25) is 5.91 Å². The summed E-state index contributed by atoms with van der Waals surface area (Å²) in [6.07, 6.45) is 2.40. The number of hydrogen-bond donors (Lipinski definition) is 13. The van der Waals surface area contributed by atoms with Crippen LogP contribution in [0.25, 0.3) is 0 Å². The lowest BCUT2D eigenvalue weighted by Gasteiger charge is -2.46. The molecule has 3 aliphatic rings. The highest BCUT2D eigenvalue weighted by molar-refractivity contribution is 5.86. The third-order valence-electron chi connectivity index (χ3n) is 13.0. The predicted molar refractivity (Wildman–Crippen MR) is 260 cm³/mol. The molecule has 20 atom stereocenters. The number of ether oxygens (including phenoxy) is 5. The van der Waals surface area contributed by atoms with Gasteiger partial charge in [-0.25, -0.2) is 4.79 Å². The molecule has 0 saturated carbocycles. The Hall–Kier alpha value is -4.01. The maximum Gasteiger partial charge on any atom is 0.330 e. The molecule has 0 aliphatic carbocycles. The number of esters is 2. The number of hydrogen-bond acceptors (Lipinski definition) is 20. The van der Waals surface area contributed by atoms with Gasteiger partial charge in [-0.15, -0.1) is 0 Å². The summed E-state index contributed by atoms with van der Waals surface area (Å²) in [6, 6.07) is -2.75. The van der Waals surface area contributed by atoms with E-state index in [-0.39, 0.29) is 38.0 Å². The van der Waals surface area contributed by atoms with Gasteiger partial charge < -0.3 is 90.9 Å². The molecular formula is C51H80N2O19. The molecule has 72 heavy (non-hydrogen) atoms. The number of methoxy groups -OCH3 is 1. The van der Waals surface area contributed by atoms with Gasteiger partial charge in [0.25, 0.3) is 0 Å². The van der Waals surface area contributed by atoms with E-state index in [9.17, 15) is 70.6 Å². The van der Waals surface area contributed by atoms with Gasteiger partial charge >= 0.3 is 11.9 Å². The Morgan fingerprint density at radius 1 is 0.722 bits per heavy atom. The van der Waals surface area contributed by atoms with E-state index in [1.54, 1.807) is 86.8 Å². The zero-order valence-electron chi connectivity index (χ0n) is 41.7. The Bertz CT molecular complexity index is 1870. The SMILES string of the molecule is COC(=O)[C@H](CO)NC(=O)[C@H]1[C@@H]2C[C@@H](O[C@H]3O[C@@H](C)[C@H](O)[C@@H](N)[C@H]3O)/C=C/C=C\C=C/C=C\C=C/C=C\C=C/[C@H](C)[C@@H](O)[C@@H](C)[C@H](C)OC(=O)C[C@H](O)C[C@H](O)C[C@H](O)CC[C@@H](O)[C@H](O)C[C@](O)(C[C@@H]1O)O2. The quantitative estimate of drug-likeness (QED) is 0.146. The summed E-state index contributed by atoms with van der Waals surface area (Å²) in [7, 11) is 1.04. The first-order valence-electron chi connectivity index (χ1n) is 24.5. The highest BCUT2D eigenvalue weighted by Crippen LogP contribution is 2.38. The molecule has 0 aromatic rings. The van der Waals surface area contributed by atoms with Crippen molar-refractivity contribution >= 4 is 17.8 Å². The van der Waals surface area contributed by atoms with Gasteiger partial charge in [0.05, 0.1) is 99.2 Å². The van der Waals surface area contributed by atoms with Crippen LogP contribution >= 0.6 is 0 Å². The van der Waals surface area contributed by atoms with Crippen LogP contribution in [0.3, 0.4) is 0 Å². The number of allylic oxidation sites excluding steroid dienone is 12. The summed E-state index contributed by atoms with van der Waals surface area (Å²) < 4.78 is 28.2. The van der Waals surface area contributed by atoms with Gasteiger partial charge in [-0.1, -0.05) is 98.9 Å². The van der Waals surface area contributed by atoms with Crippen molar-refractivity contribution in [3.63, 3.8) is 0 Å². The van der Waals surface area contributed by atoms with Gasteiger partial charge in [0, 0.05) is 31.1 Å². The standard InChI is InChI=1S/C51H80N2O19/c1-29-18-16-14-12-10-8-6-7-9-11-13-15-17-19-36(71-50-47(64)44(52)46(63)32(4)70-50)25-41-43(48(65)53-37(28-54)49(66)68-5)40(60)27-51(67,72-41)26-39(59)38(58)21-20-33(55)22-34(56)23-35(57)24-42(61)69-31(3)30(2)45(29)62/h6-19,29-41,43-47,50,54-60,62-64,67H,20-28,52H2,1-5H3,(H,53,65)/b7-6-,10-8-,11-9-,14-12-,15-13-,18-16-,19-17+/t29-,30-,31-,32-,33+,34+,35+,36-,37-,38+,39+,40-,41-,43+,44+,45+,46-,47+,50+,51+/m0/s1. The molecule has 0 unspecified atom stereocenters. The van der Waals surface area contributed by atoms with Gasteiger partial charge in [-0.05, 0) is 39.5 Å². The fourth-order valence-electron chi connectivity index (χ4n) is 8.56. The topological polar surface area (TPSA) is 358 Å². The van der Waals surface area contributed by atoms with Crippen molar-refractivity contribution in [3.05, 3.63) is 85.1 Å². The van der Waals surface area contributed by atoms with E-state index in [1.165, 1.54) is 13.0 Å². The molecule has 14 N–H and O–H groups in total. The van der Waals surface area contributed by atoms with Crippen LogP contribution in [0.15, 0.2) is 85.1 Å². The van der Waals surface area contributed by atoms with E-state index in [4.69, 9.17) is 24.7 Å². The van der Waals surface area contributed by atoms with Crippen LogP contribution in [-0.2, 0) is 38.1 Å². The van der Waals surface area contributed by atoms with Crippen molar-refractivity contribution in [1.29, 1.82) is 0 Å². The second kappa shape index (κ2) is 31.0. The number of amides is 1. The fourth-order valence-corrected chi connectivity index (χ4v) is 8.56. The van der Waals surface area contributed by atoms with Crippen LogP contribution in [-0.4, -0.2) is 191 Å². The van der Waals surface area contributed by atoms with E-state index in [1.807, 2.05) is 13.0 Å². The lowest BCUT2D eigenvalue weighted by molar-refractivity contribution is -0.308. The normalized spacial score (nSPS) is 42.5. The average Bonchev–Trinajstić information content (AvgIpc) is 3.31. The second-order valence-electron chi connectivity index (χ2n) is 19.0. The molecule has 21 heteroatoms. The third-order valence-corrected chi connectivity index (χ3v) is 13.0. The molecule has 21 nitrogen and oxygen atoms in total. The molecule has 3 aliphatic heterocycles. The minimum atomic E-state index is -2.44. The minimum absolute atomic E-state index is 0.175. The number of carbonyl (C=O) groups is 3. The summed E-state index contributed by atoms with van der Waals surface area (Å²) in [5, 5.41) is 122. The molecule has 0 spiro atoms. The number of carbonyl (C=O) groups excluding carboxylic acids is 3. The molecule has 1 amide bonds. The first-order valence-corrected chi connectivity index (χ1v) is 24.5. The van der Waals surface area contributed by atoms with E-state index < -0.39 is 159 Å². The Labute approximate surface area is 421 Å². The fraction of sp³-hybridized carbons (Fsp3) is 0.667. The van der Waals surface area contributed by atoms with Gasteiger partial charge in [0.1, 0.15) is 12.2 Å². The number of rotatable bonds is 6. The van der Waals surface area contributed by atoms with Crippen molar-refractivity contribution in [2.45, 2.75) is 183 Å². The second-order valence-corrected chi connectivity index (χ2v) is 19.0. The number of aliphatic hydroxyl groups excluding tert-OH is 10. The van der Waals surface area contributed by atoms with Gasteiger partial charge in [-0.2, -0.15) is 0 Å². The molecule has 2 fully saturated rings. The monoisotopic (exact) mass is 1020 g/mol. The van der Waals surface area contributed by atoms with Crippen LogP contribution in [0.1, 0.15) is 79.1 Å². The molecule has 3 heterocycles. The van der Waals surface area contributed by atoms with Crippen LogP contribution in [0.5, 0.6) is 0 Å². The molecular weight excluding hydrogens is 945 g/mol. The maximum absolute atomic E-state index is 13.9. The number of fused-ring (bicyclic) bond motifs is 2. The molecule has 0 radical (unpaired) electrons. The number of cyclic esters (lactones) is 1. The average molecular weight is 1030 g/mol. The highest BCUT2D eigenvalue weighted by atomic mass is 16.7. The molecule has 408 valence electrons. The van der Waals surface area contributed by atoms with Crippen LogP contribution in [0.4, 0.5) is 0 Å². The number of aliphatic hydroxyl groups is 11. The third kappa shape index (κ3) is 20.4. The van der Waals surface area contributed by atoms with Gasteiger partial charge in [0.15, 0.2) is 18.1 Å². The number of nitrogens with one attached hydrogen (secondary N) is 1. The van der Waals surface area contributed by atoms with Crippen LogP contribution in [0.2, 0.25) is 0 Å². The first kappa shape index (κ1) is 62.3. The van der Waals surface area contributed by atoms with E-state index in [2.05, 4.69) is 10.1 Å². The lowest BCUT2D eigenvalue weighted by Crippen LogP contribution is -2.62. The summed E-state index contributed by atoms with van der Waals surface area (Å²) in [5.74, 6) is -7.55. The summed E-state index contributed by atoms with van der Waals surface area (Å²) in [4.78, 5) is 38.9. The zero-order valence-corrected chi connectivity index (χ0v) is 41.7. The van der Waals surface area contributed by atoms with E-state index in [0.29, 0.717) is 0 Å². The molecule has 2 saturated heterocycles. The summed E-state index contributed by atoms with van der Waals surface area (Å²) in [6.45, 7) is 5.82. The Morgan fingerprint density at radius 2 is 1.28 bits per heavy atom. The Morgan fingerprint density at radius 3 is 1.86 bits per heavy atom. The molecule has 0 aromatic heterocycles. The van der Waals surface area contributed by atoms with Crippen molar-refractivity contribution in [1.82, 2.24) is 5.32 Å². The number of nitrogens with two attached hydrogens (primary N) is 1. The lowest BCUT2D eigenvalue weighted by atomic mass is 9.82. The summed E-state index contributed by atoms with van der Waals surface area (Å²) in [5.41, 5.74) is 6.08. The largest absolute Gasteiger partial charge is 0.467 e. The van der Waals surface area contributed by atoms with Crippen LogP contribution in [0, 0.1) is 17.8 Å². The van der Waals surface area contributed by atoms with Gasteiger partial charge in [-0.3, -0.25) is 9.59 Å². The molecule has 3 rings (SSSR count).